The molecule has 2 saturated heterocycles. The molecule has 0 aromatic rings. The fraction of sp³-hybridized carbons (Fsp3) is 1.00. The van der Waals surface area contributed by atoms with Crippen LogP contribution in [0.25, 0.3) is 0 Å². The third kappa shape index (κ3) is 7.41. The highest BCUT2D eigenvalue weighted by Crippen LogP contribution is 2.23. The molecule has 2 unspecified atom stereocenters. The Kier molecular flexibility index (Phi) is 10.5. The zero-order valence-corrected chi connectivity index (χ0v) is 17.7. The van der Waals surface area contributed by atoms with E-state index in [0.29, 0.717) is 0 Å². The molecule has 2 heterocycles. The molecule has 0 aliphatic carbocycles. The first-order valence-corrected chi connectivity index (χ1v) is 10.6. The predicted molar refractivity (Wildman–Crippen MR) is 108 cm³/mol. The van der Waals surface area contributed by atoms with Gasteiger partial charge in [-0.3, -0.25) is 4.90 Å². The van der Waals surface area contributed by atoms with Gasteiger partial charge in [0, 0.05) is 37.8 Å². The van der Waals surface area contributed by atoms with E-state index >= 15 is 0 Å². The van der Waals surface area contributed by atoms with Crippen molar-refractivity contribution in [3.05, 3.63) is 0 Å². The first-order chi connectivity index (χ1) is 11.4. The van der Waals surface area contributed by atoms with Crippen molar-refractivity contribution < 1.29 is 0 Å². The van der Waals surface area contributed by atoms with Gasteiger partial charge in [0.1, 0.15) is 0 Å². The molecule has 0 aromatic carbocycles. The lowest BCUT2D eigenvalue weighted by Gasteiger charge is -2.46. The number of unbranched alkanes of at least 4 members (excludes halogenated alkanes) is 2. The Morgan fingerprint density at radius 2 is 1.42 bits per heavy atom. The van der Waals surface area contributed by atoms with E-state index in [1.165, 1.54) is 64.8 Å². The lowest BCUT2D eigenvalue weighted by atomic mass is 9.93. The average molecular weight is 340 g/mol. The molecule has 0 bridgehead atoms. The van der Waals surface area contributed by atoms with Crippen LogP contribution in [0.5, 0.6) is 0 Å². The van der Waals surface area contributed by atoms with Crippen LogP contribution >= 0.6 is 0 Å². The molecule has 0 aromatic heterocycles. The van der Waals surface area contributed by atoms with Crippen LogP contribution in [0, 0.1) is 5.92 Å². The molecule has 2 aliphatic rings. The maximum Gasteiger partial charge on any atom is 0.0198 e. The topological polar surface area (TPSA) is 9.72 Å². The predicted octanol–water partition coefficient (Wildman–Crippen LogP) is 4.33. The van der Waals surface area contributed by atoms with E-state index in [9.17, 15) is 0 Å². The van der Waals surface area contributed by atoms with Crippen molar-refractivity contribution in [3.8, 4) is 0 Å². The molecule has 0 radical (unpaired) electrons. The summed E-state index contributed by atoms with van der Waals surface area (Å²) in [4.78, 5) is 7.87. The average Bonchev–Trinajstić information content (AvgIpc) is 2.52. The molecule has 3 heteroatoms. The summed E-state index contributed by atoms with van der Waals surface area (Å²) in [6, 6.07) is 2.16. The minimum atomic E-state index is 0.719. The summed E-state index contributed by atoms with van der Waals surface area (Å²) in [7, 11) is 2.26. The number of hydrogen-bond acceptors (Lipinski definition) is 3. The van der Waals surface area contributed by atoms with Gasteiger partial charge in [-0.25, -0.2) is 0 Å². The Morgan fingerprint density at radius 1 is 0.917 bits per heavy atom. The Morgan fingerprint density at radius 3 is 1.79 bits per heavy atom. The van der Waals surface area contributed by atoms with Crippen LogP contribution < -0.4 is 0 Å². The van der Waals surface area contributed by atoms with Gasteiger partial charge in [-0.2, -0.15) is 0 Å². The normalized spacial score (nSPS) is 28.0. The molecule has 0 N–H and O–H groups in total. The fourth-order valence-corrected chi connectivity index (χ4v) is 4.28. The lowest BCUT2D eigenvalue weighted by Crippen LogP contribution is -2.57. The van der Waals surface area contributed by atoms with Gasteiger partial charge in [-0.05, 0) is 66.6 Å². The van der Waals surface area contributed by atoms with Gasteiger partial charge in [0.2, 0.25) is 0 Å². The Hall–Kier alpha value is -0.120. The summed E-state index contributed by atoms with van der Waals surface area (Å²) in [6.45, 7) is 20.3. The van der Waals surface area contributed by atoms with E-state index in [0.717, 1.165) is 24.0 Å². The van der Waals surface area contributed by atoms with Crippen LogP contribution in [0.4, 0.5) is 0 Å². The summed E-state index contributed by atoms with van der Waals surface area (Å²) >= 11 is 0. The van der Waals surface area contributed by atoms with E-state index in [1.807, 2.05) is 0 Å². The summed E-state index contributed by atoms with van der Waals surface area (Å²) < 4.78 is 0. The fourth-order valence-electron chi connectivity index (χ4n) is 4.28. The van der Waals surface area contributed by atoms with Crippen molar-refractivity contribution in [1.29, 1.82) is 0 Å². The molecule has 144 valence electrons. The van der Waals surface area contributed by atoms with E-state index in [4.69, 9.17) is 0 Å². The van der Waals surface area contributed by atoms with Crippen LogP contribution in [0.1, 0.15) is 73.6 Å². The Bertz CT molecular complexity index is 296. The van der Waals surface area contributed by atoms with E-state index < -0.39 is 0 Å². The molecule has 2 fully saturated rings. The Labute approximate surface area is 152 Å². The molecule has 0 saturated carbocycles. The highest BCUT2D eigenvalue weighted by molar-refractivity contribution is 4.86. The Balaban J connectivity index is 0.000000505. The quantitative estimate of drug-likeness (QED) is 0.738. The number of rotatable bonds is 5. The van der Waals surface area contributed by atoms with Gasteiger partial charge in [-0.15, -0.1) is 0 Å². The zero-order valence-electron chi connectivity index (χ0n) is 17.7. The third-order valence-electron chi connectivity index (χ3n) is 5.84. The van der Waals surface area contributed by atoms with Crippen molar-refractivity contribution in [2.45, 2.75) is 91.8 Å². The maximum absolute atomic E-state index is 2.76. The number of piperidine rings is 1. The van der Waals surface area contributed by atoms with Gasteiger partial charge in [0.05, 0.1) is 0 Å². The van der Waals surface area contributed by atoms with Gasteiger partial charge < -0.3 is 9.80 Å². The minimum Gasteiger partial charge on any atom is -0.303 e. The number of piperazine rings is 1. The summed E-state index contributed by atoms with van der Waals surface area (Å²) in [5.74, 6) is 0.920. The maximum atomic E-state index is 2.76. The van der Waals surface area contributed by atoms with Crippen molar-refractivity contribution in [2.24, 2.45) is 5.92 Å². The minimum absolute atomic E-state index is 0.719. The highest BCUT2D eigenvalue weighted by atomic mass is 15.3. The third-order valence-corrected chi connectivity index (χ3v) is 5.84. The molecular formula is C21H45N3. The van der Waals surface area contributed by atoms with Crippen LogP contribution in [-0.2, 0) is 0 Å². The van der Waals surface area contributed by atoms with Gasteiger partial charge >= 0.3 is 0 Å². The van der Waals surface area contributed by atoms with E-state index in [1.54, 1.807) is 0 Å². The van der Waals surface area contributed by atoms with Crippen molar-refractivity contribution in [3.63, 3.8) is 0 Å². The first-order valence-electron chi connectivity index (χ1n) is 10.6. The molecular weight excluding hydrogens is 294 g/mol. The second kappa shape index (κ2) is 11.5. The van der Waals surface area contributed by atoms with Gasteiger partial charge in [0.25, 0.3) is 0 Å². The molecule has 2 aliphatic heterocycles. The number of hydrogen-bond donors (Lipinski definition) is 0. The summed E-state index contributed by atoms with van der Waals surface area (Å²) in [5, 5.41) is 0. The number of likely N-dealkylation sites (N-methyl/N-ethyl adjacent to an activating group) is 1. The van der Waals surface area contributed by atoms with Crippen LogP contribution in [0.2, 0.25) is 0 Å². The standard InChI is InChI=1S/C16H33N3.C5H12/c1-13(2)18-8-6-16(7-9-18)12-19-14(3)10-17(5)11-15(19)4;1-3-5-4-2/h13-16H,6-12H2,1-5H3;3-5H2,1-2H3. The molecule has 0 spiro atoms. The molecule has 24 heavy (non-hydrogen) atoms. The van der Waals surface area contributed by atoms with Gasteiger partial charge in [-0.1, -0.05) is 33.1 Å². The monoisotopic (exact) mass is 339 g/mol. The highest BCUT2D eigenvalue weighted by Gasteiger charge is 2.30. The molecule has 2 atom stereocenters. The summed E-state index contributed by atoms with van der Waals surface area (Å²) in [5.41, 5.74) is 0. The molecule has 0 amide bonds. The van der Waals surface area contributed by atoms with Crippen molar-refractivity contribution in [1.82, 2.24) is 14.7 Å². The van der Waals surface area contributed by atoms with Gasteiger partial charge in [0.15, 0.2) is 0 Å². The number of likely N-dealkylation sites (tertiary alicyclic amines) is 1. The van der Waals surface area contributed by atoms with Crippen LogP contribution in [-0.4, -0.2) is 72.6 Å². The first kappa shape index (κ1) is 21.9. The lowest BCUT2D eigenvalue weighted by molar-refractivity contribution is 0.0262. The smallest absolute Gasteiger partial charge is 0.0198 e. The van der Waals surface area contributed by atoms with Crippen molar-refractivity contribution >= 4 is 0 Å². The second-order valence-corrected chi connectivity index (χ2v) is 8.54. The van der Waals surface area contributed by atoms with Crippen LogP contribution in [0.3, 0.4) is 0 Å². The van der Waals surface area contributed by atoms with E-state index in [-0.39, 0.29) is 0 Å². The number of nitrogens with zero attached hydrogens (tertiary/aromatic N) is 3. The SMILES string of the molecule is CC(C)N1CCC(CN2C(C)CN(C)CC2C)CC1.CCCCC. The molecule has 2 rings (SSSR count). The second-order valence-electron chi connectivity index (χ2n) is 8.54. The van der Waals surface area contributed by atoms with Crippen LogP contribution in [0.15, 0.2) is 0 Å². The molecule has 3 nitrogen and oxygen atoms in total. The van der Waals surface area contributed by atoms with Crippen molar-refractivity contribution in [2.75, 3.05) is 39.8 Å². The summed E-state index contributed by atoms with van der Waals surface area (Å²) in [6.07, 6.45) is 6.86. The largest absolute Gasteiger partial charge is 0.303 e. The zero-order chi connectivity index (χ0) is 18.1. The van der Waals surface area contributed by atoms with E-state index in [2.05, 4.69) is 63.3 Å².